The number of benzene rings is 2. The lowest BCUT2D eigenvalue weighted by atomic mass is 9.98. The van der Waals surface area contributed by atoms with Gasteiger partial charge in [-0.2, -0.15) is 0 Å². The van der Waals surface area contributed by atoms with E-state index in [0.717, 1.165) is 11.3 Å². The number of hydrogen-bond acceptors (Lipinski definition) is 2. The lowest BCUT2D eigenvalue weighted by molar-refractivity contribution is -0.121. The molecule has 0 saturated heterocycles. The summed E-state index contributed by atoms with van der Waals surface area (Å²) < 4.78 is 5.78. The predicted octanol–water partition coefficient (Wildman–Crippen LogP) is 5.15. The number of carbonyl (C=O) groups is 1. The van der Waals surface area contributed by atoms with Crippen LogP contribution in [-0.4, -0.2) is 12.5 Å². The molecule has 0 aromatic heterocycles. The monoisotopic (exact) mass is 339 g/mol. The minimum atomic E-state index is 0.0286. The van der Waals surface area contributed by atoms with E-state index in [2.05, 4.69) is 38.2 Å². The summed E-state index contributed by atoms with van der Waals surface area (Å²) in [5.74, 6) is 1.45. The van der Waals surface area contributed by atoms with Crippen LogP contribution in [0.15, 0.2) is 48.5 Å². The average molecular weight is 339 g/mol. The summed E-state index contributed by atoms with van der Waals surface area (Å²) in [6.45, 7) is 9.05. The molecule has 2 aromatic rings. The van der Waals surface area contributed by atoms with Crippen molar-refractivity contribution in [2.45, 2.75) is 52.5 Å². The Balaban J connectivity index is 1.72. The highest BCUT2D eigenvalue weighted by molar-refractivity contribution is 5.76. The molecule has 0 aliphatic rings. The zero-order valence-corrected chi connectivity index (χ0v) is 15.7. The van der Waals surface area contributed by atoms with E-state index in [1.807, 2.05) is 43.3 Å². The zero-order valence-electron chi connectivity index (χ0n) is 15.7. The molecule has 3 heteroatoms. The topological polar surface area (TPSA) is 38.3 Å². The first-order valence-electron chi connectivity index (χ1n) is 9.05. The normalized spacial score (nSPS) is 12.0. The van der Waals surface area contributed by atoms with Crippen LogP contribution in [0.25, 0.3) is 0 Å². The summed E-state index contributed by atoms with van der Waals surface area (Å²) in [5, 5.41) is 3.03. The lowest BCUT2D eigenvalue weighted by Crippen LogP contribution is -2.26. The number of aryl methyl sites for hydroxylation is 1. The van der Waals surface area contributed by atoms with Crippen molar-refractivity contribution in [1.82, 2.24) is 5.32 Å². The second kappa shape index (κ2) is 9.26. The van der Waals surface area contributed by atoms with E-state index >= 15 is 0 Å². The van der Waals surface area contributed by atoms with Gasteiger partial charge in [-0.15, -0.1) is 0 Å². The van der Waals surface area contributed by atoms with E-state index in [0.29, 0.717) is 25.4 Å². The van der Waals surface area contributed by atoms with Crippen molar-refractivity contribution in [3.63, 3.8) is 0 Å². The average Bonchev–Trinajstić information content (AvgIpc) is 2.59. The first kappa shape index (κ1) is 19.0. The van der Waals surface area contributed by atoms with Gasteiger partial charge >= 0.3 is 0 Å². The highest BCUT2D eigenvalue weighted by atomic mass is 16.5. The summed E-state index contributed by atoms with van der Waals surface area (Å²) in [5.41, 5.74) is 3.72. The molecule has 0 spiro atoms. The molecular weight excluding hydrogens is 310 g/mol. The third-order valence-electron chi connectivity index (χ3n) is 4.36. The molecule has 0 radical (unpaired) electrons. The maximum atomic E-state index is 12.0. The molecule has 2 rings (SSSR count). The Bertz CT molecular complexity index is 680. The molecule has 134 valence electrons. The first-order valence-corrected chi connectivity index (χ1v) is 9.05. The van der Waals surface area contributed by atoms with Gasteiger partial charge in [0.1, 0.15) is 5.75 Å². The fourth-order valence-corrected chi connectivity index (χ4v) is 2.95. The van der Waals surface area contributed by atoms with Crippen LogP contribution < -0.4 is 10.1 Å². The van der Waals surface area contributed by atoms with Crippen LogP contribution in [0.5, 0.6) is 5.75 Å². The second-order valence-corrected chi connectivity index (χ2v) is 6.82. The maximum absolute atomic E-state index is 12.0. The van der Waals surface area contributed by atoms with E-state index in [1.165, 1.54) is 11.1 Å². The van der Waals surface area contributed by atoms with Crippen LogP contribution >= 0.6 is 0 Å². The van der Waals surface area contributed by atoms with Gasteiger partial charge in [0.15, 0.2) is 0 Å². The SMILES string of the molecule is Cc1cc(OCCCC(=O)NC(C)c2ccccc2)ccc1C(C)C. The van der Waals surface area contributed by atoms with Gasteiger partial charge in [-0.1, -0.05) is 50.2 Å². The van der Waals surface area contributed by atoms with Gasteiger partial charge in [-0.3, -0.25) is 4.79 Å². The van der Waals surface area contributed by atoms with Crippen molar-refractivity contribution >= 4 is 5.91 Å². The van der Waals surface area contributed by atoms with Crippen LogP contribution in [0.3, 0.4) is 0 Å². The molecule has 0 heterocycles. The number of carbonyl (C=O) groups excluding carboxylic acids is 1. The molecule has 0 aliphatic carbocycles. The van der Waals surface area contributed by atoms with Crippen molar-refractivity contribution in [3.8, 4) is 5.75 Å². The smallest absolute Gasteiger partial charge is 0.220 e. The summed E-state index contributed by atoms with van der Waals surface area (Å²) >= 11 is 0. The van der Waals surface area contributed by atoms with Crippen molar-refractivity contribution in [2.75, 3.05) is 6.61 Å². The molecule has 1 N–H and O–H groups in total. The van der Waals surface area contributed by atoms with Crippen molar-refractivity contribution in [1.29, 1.82) is 0 Å². The van der Waals surface area contributed by atoms with Crippen LogP contribution in [-0.2, 0) is 4.79 Å². The van der Waals surface area contributed by atoms with Crippen molar-refractivity contribution < 1.29 is 9.53 Å². The van der Waals surface area contributed by atoms with E-state index in [-0.39, 0.29) is 11.9 Å². The van der Waals surface area contributed by atoms with Crippen LogP contribution in [0.2, 0.25) is 0 Å². The van der Waals surface area contributed by atoms with Gasteiger partial charge in [0.25, 0.3) is 0 Å². The van der Waals surface area contributed by atoms with E-state index in [1.54, 1.807) is 0 Å². The molecule has 0 fully saturated rings. The summed E-state index contributed by atoms with van der Waals surface area (Å²) in [4.78, 5) is 12.0. The van der Waals surface area contributed by atoms with Crippen molar-refractivity contribution in [3.05, 3.63) is 65.2 Å². The summed E-state index contributed by atoms with van der Waals surface area (Å²) in [6, 6.07) is 16.2. The zero-order chi connectivity index (χ0) is 18.2. The Morgan fingerprint density at radius 3 is 2.44 bits per heavy atom. The minimum Gasteiger partial charge on any atom is -0.494 e. The highest BCUT2D eigenvalue weighted by Gasteiger charge is 2.09. The maximum Gasteiger partial charge on any atom is 0.220 e. The quantitative estimate of drug-likeness (QED) is 0.675. The molecular formula is C22H29NO2. The van der Waals surface area contributed by atoms with Crippen LogP contribution in [0, 0.1) is 6.92 Å². The van der Waals surface area contributed by atoms with E-state index in [4.69, 9.17) is 4.74 Å². The van der Waals surface area contributed by atoms with Crippen molar-refractivity contribution in [2.24, 2.45) is 0 Å². The van der Waals surface area contributed by atoms with Gasteiger partial charge in [-0.05, 0) is 55.0 Å². The molecule has 1 amide bonds. The molecule has 2 aromatic carbocycles. The molecule has 1 atom stereocenters. The van der Waals surface area contributed by atoms with E-state index in [9.17, 15) is 4.79 Å². The standard InChI is InChI=1S/C22H29NO2/c1-16(2)21-13-12-20(15-17(21)3)25-14-8-11-22(24)23-18(4)19-9-6-5-7-10-19/h5-7,9-10,12-13,15-16,18H,8,11,14H2,1-4H3,(H,23,24). The Kier molecular flexibility index (Phi) is 7.05. The molecule has 3 nitrogen and oxygen atoms in total. The van der Waals surface area contributed by atoms with E-state index < -0.39 is 0 Å². The van der Waals surface area contributed by atoms with Gasteiger partial charge in [0, 0.05) is 6.42 Å². The number of amides is 1. The fraction of sp³-hybridized carbons (Fsp3) is 0.409. The molecule has 0 bridgehead atoms. The fourth-order valence-electron chi connectivity index (χ4n) is 2.95. The number of rotatable bonds is 8. The Morgan fingerprint density at radius 1 is 1.08 bits per heavy atom. The number of ether oxygens (including phenoxy) is 1. The van der Waals surface area contributed by atoms with Crippen LogP contribution in [0.1, 0.15) is 62.3 Å². The lowest BCUT2D eigenvalue weighted by Gasteiger charge is -2.15. The van der Waals surface area contributed by atoms with Gasteiger partial charge < -0.3 is 10.1 Å². The molecule has 0 saturated carbocycles. The summed E-state index contributed by atoms with van der Waals surface area (Å²) in [6.07, 6.45) is 1.18. The predicted molar refractivity (Wildman–Crippen MR) is 103 cm³/mol. The van der Waals surface area contributed by atoms with Crippen LogP contribution in [0.4, 0.5) is 0 Å². The Hall–Kier alpha value is -2.29. The molecule has 25 heavy (non-hydrogen) atoms. The minimum absolute atomic E-state index is 0.0286. The largest absolute Gasteiger partial charge is 0.494 e. The second-order valence-electron chi connectivity index (χ2n) is 6.82. The Labute approximate surface area is 151 Å². The number of nitrogens with one attached hydrogen (secondary N) is 1. The molecule has 0 aliphatic heterocycles. The molecule has 1 unspecified atom stereocenters. The van der Waals surface area contributed by atoms with Gasteiger partial charge in [0.2, 0.25) is 5.91 Å². The third kappa shape index (κ3) is 5.93. The highest BCUT2D eigenvalue weighted by Crippen LogP contribution is 2.23. The van der Waals surface area contributed by atoms with Gasteiger partial charge in [-0.25, -0.2) is 0 Å². The third-order valence-corrected chi connectivity index (χ3v) is 4.36. The Morgan fingerprint density at radius 2 is 1.80 bits per heavy atom. The first-order chi connectivity index (χ1) is 12.0. The summed E-state index contributed by atoms with van der Waals surface area (Å²) in [7, 11) is 0. The number of hydrogen-bond donors (Lipinski definition) is 1. The van der Waals surface area contributed by atoms with Gasteiger partial charge in [0.05, 0.1) is 12.6 Å².